The molecule has 0 radical (unpaired) electrons. The van der Waals surface area contributed by atoms with Crippen LogP contribution in [0.2, 0.25) is 0 Å². The maximum atomic E-state index is 5.60. The summed E-state index contributed by atoms with van der Waals surface area (Å²) in [7, 11) is 2.14. The minimum Gasteiger partial charge on any atom is -0.371 e. The van der Waals surface area contributed by atoms with E-state index in [1.54, 1.807) is 0 Å². The Morgan fingerprint density at radius 2 is 1.93 bits per heavy atom. The molecule has 3 nitrogen and oxygen atoms in total. The second-order valence-corrected chi connectivity index (χ2v) is 3.69. The summed E-state index contributed by atoms with van der Waals surface area (Å²) in [4.78, 5) is 4.65. The van der Waals surface area contributed by atoms with Crippen LogP contribution in [0.4, 0.5) is 11.4 Å². The Morgan fingerprint density at radius 1 is 1.21 bits per heavy atom. The second kappa shape index (κ2) is 3.88. The molecule has 1 heterocycles. The molecule has 76 valence electrons. The lowest BCUT2D eigenvalue weighted by Crippen LogP contribution is -2.41. The Hall–Kier alpha value is -1.22. The molecule has 0 spiro atoms. The average Bonchev–Trinajstić information content (AvgIpc) is 2.23. The first-order valence-electron chi connectivity index (χ1n) is 5.08. The molecule has 1 aliphatic rings. The molecule has 0 aliphatic carbocycles. The molecule has 0 fully saturated rings. The van der Waals surface area contributed by atoms with Crippen LogP contribution >= 0.6 is 0 Å². The molecule has 0 aromatic heterocycles. The predicted octanol–water partition coefficient (Wildman–Crippen LogP) is 0.902. The van der Waals surface area contributed by atoms with Crippen molar-refractivity contribution in [3.8, 4) is 0 Å². The van der Waals surface area contributed by atoms with Crippen LogP contribution in [-0.4, -0.2) is 33.2 Å². The first kappa shape index (κ1) is 9.34. The minimum atomic E-state index is 0.720. The Labute approximate surface area is 85.1 Å². The molecule has 0 saturated heterocycles. The minimum absolute atomic E-state index is 0.720. The van der Waals surface area contributed by atoms with Gasteiger partial charge in [0.05, 0.1) is 11.4 Å². The maximum Gasteiger partial charge on any atom is 0.0605 e. The molecule has 1 aliphatic heterocycles. The normalized spacial score (nSPS) is 15.6. The third-order valence-electron chi connectivity index (χ3n) is 2.74. The highest BCUT2D eigenvalue weighted by Gasteiger charge is 2.18. The van der Waals surface area contributed by atoms with Crippen molar-refractivity contribution in [2.75, 3.05) is 43.0 Å². The molecule has 0 unspecified atom stereocenters. The molecular formula is C11H17N3. The Kier molecular flexibility index (Phi) is 2.59. The van der Waals surface area contributed by atoms with Crippen molar-refractivity contribution in [3.63, 3.8) is 0 Å². The molecule has 0 atom stereocenters. The predicted molar refractivity (Wildman–Crippen MR) is 61.0 cm³/mol. The zero-order chi connectivity index (χ0) is 9.97. The topological polar surface area (TPSA) is 32.5 Å². The van der Waals surface area contributed by atoms with Gasteiger partial charge in [0, 0.05) is 33.2 Å². The van der Waals surface area contributed by atoms with Crippen LogP contribution in [0.3, 0.4) is 0 Å². The van der Waals surface area contributed by atoms with Gasteiger partial charge in [-0.25, -0.2) is 0 Å². The standard InChI is InChI=1S/C11H17N3/c1-13-8-9-14(7-6-12)11-5-3-2-4-10(11)13/h2-5H,6-9,12H2,1H3. The van der Waals surface area contributed by atoms with E-state index in [9.17, 15) is 0 Å². The van der Waals surface area contributed by atoms with Crippen molar-refractivity contribution >= 4 is 11.4 Å². The van der Waals surface area contributed by atoms with Gasteiger partial charge in [0.15, 0.2) is 0 Å². The van der Waals surface area contributed by atoms with E-state index in [1.165, 1.54) is 11.4 Å². The lowest BCUT2D eigenvalue weighted by molar-refractivity contribution is 0.733. The number of nitrogens with zero attached hydrogens (tertiary/aromatic N) is 2. The van der Waals surface area contributed by atoms with Crippen LogP contribution in [-0.2, 0) is 0 Å². The highest BCUT2D eigenvalue weighted by atomic mass is 15.2. The van der Waals surface area contributed by atoms with Crippen LogP contribution < -0.4 is 15.5 Å². The maximum absolute atomic E-state index is 5.60. The summed E-state index contributed by atoms with van der Waals surface area (Å²) in [6.07, 6.45) is 0. The lowest BCUT2D eigenvalue weighted by Gasteiger charge is -2.36. The van der Waals surface area contributed by atoms with Crippen LogP contribution in [0.5, 0.6) is 0 Å². The molecule has 14 heavy (non-hydrogen) atoms. The first-order chi connectivity index (χ1) is 6.83. The molecule has 0 amide bonds. The molecular weight excluding hydrogens is 174 g/mol. The fourth-order valence-corrected chi connectivity index (χ4v) is 1.95. The van der Waals surface area contributed by atoms with Crippen molar-refractivity contribution in [2.45, 2.75) is 0 Å². The third kappa shape index (κ3) is 1.55. The van der Waals surface area contributed by atoms with Gasteiger partial charge in [-0.2, -0.15) is 0 Å². The lowest BCUT2D eigenvalue weighted by atomic mass is 10.2. The van der Waals surface area contributed by atoms with E-state index >= 15 is 0 Å². The summed E-state index contributed by atoms with van der Waals surface area (Å²) in [6, 6.07) is 8.50. The van der Waals surface area contributed by atoms with E-state index in [0.29, 0.717) is 0 Å². The van der Waals surface area contributed by atoms with Crippen molar-refractivity contribution in [1.82, 2.24) is 0 Å². The smallest absolute Gasteiger partial charge is 0.0605 e. The van der Waals surface area contributed by atoms with Crippen LogP contribution in [0.15, 0.2) is 24.3 Å². The summed E-state index contributed by atoms with van der Waals surface area (Å²) >= 11 is 0. The zero-order valence-corrected chi connectivity index (χ0v) is 8.61. The van der Waals surface area contributed by atoms with E-state index < -0.39 is 0 Å². The molecule has 0 saturated carbocycles. The van der Waals surface area contributed by atoms with Gasteiger partial charge in [-0.05, 0) is 12.1 Å². The number of fused-ring (bicyclic) bond motifs is 1. The average molecular weight is 191 g/mol. The zero-order valence-electron chi connectivity index (χ0n) is 8.61. The van der Waals surface area contributed by atoms with Crippen molar-refractivity contribution in [1.29, 1.82) is 0 Å². The molecule has 2 rings (SSSR count). The number of nitrogens with two attached hydrogens (primary N) is 1. The summed E-state index contributed by atoms with van der Waals surface area (Å²) < 4.78 is 0. The summed E-state index contributed by atoms with van der Waals surface area (Å²) in [6.45, 7) is 3.82. The third-order valence-corrected chi connectivity index (χ3v) is 2.74. The van der Waals surface area contributed by atoms with Gasteiger partial charge < -0.3 is 15.5 Å². The van der Waals surface area contributed by atoms with Gasteiger partial charge in [-0.3, -0.25) is 0 Å². The number of hydrogen-bond acceptors (Lipinski definition) is 3. The highest BCUT2D eigenvalue weighted by molar-refractivity contribution is 5.73. The fraction of sp³-hybridized carbons (Fsp3) is 0.455. The summed E-state index contributed by atoms with van der Waals surface area (Å²) in [5.41, 5.74) is 8.22. The highest BCUT2D eigenvalue weighted by Crippen LogP contribution is 2.31. The number of benzene rings is 1. The number of para-hydroxylation sites is 2. The van der Waals surface area contributed by atoms with Gasteiger partial charge in [0.25, 0.3) is 0 Å². The van der Waals surface area contributed by atoms with Gasteiger partial charge >= 0.3 is 0 Å². The number of hydrogen-bond donors (Lipinski definition) is 1. The van der Waals surface area contributed by atoms with Crippen LogP contribution in [0.1, 0.15) is 0 Å². The van der Waals surface area contributed by atoms with Crippen LogP contribution in [0.25, 0.3) is 0 Å². The van der Waals surface area contributed by atoms with E-state index in [-0.39, 0.29) is 0 Å². The second-order valence-electron chi connectivity index (χ2n) is 3.69. The number of likely N-dealkylation sites (N-methyl/N-ethyl adjacent to an activating group) is 1. The van der Waals surface area contributed by atoms with E-state index in [1.807, 2.05) is 0 Å². The fourth-order valence-electron chi connectivity index (χ4n) is 1.95. The molecule has 3 heteroatoms. The van der Waals surface area contributed by atoms with E-state index in [0.717, 1.165) is 26.2 Å². The first-order valence-corrected chi connectivity index (χ1v) is 5.08. The largest absolute Gasteiger partial charge is 0.371 e. The SMILES string of the molecule is CN1CCN(CCN)c2ccccc21. The number of rotatable bonds is 2. The Balaban J connectivity index is 2.31. The van der Waals surface area contributed by atoms with Gasteiger partial charge in [0.2, 0.25) is 0 Å². The molecule has 2 N–H and O–H groups in total. The molecule has 0 bridgehead atoms. The Morgan fingerprint density at radius 3 is 2.64 bits per heavy atom. The summed E-state index contributed by atoms with van der Waals surface area (Å²) in [5.74, 6) is 0. The van der Waals surface area contributed by atoms with E-state index in [4.69, 9.17) is 5.73 Å². The van der Waals surface area contributed by atoms with Crippen molar-refractivity contribution in [3.05, 3.63) is 24.3 Å². The van der Waals surface area contributed by atoms with Gasteiger partial charge in [-0.1, -0.05) is 12.1 Å². The van der Waals surface area contributed by atoms with Gasteiger partial charge in [0.1, 0.15) is 0 Å². The van der Waals surface area contributed by atoms with Crippen molar-refractivity contribution in [2.24, 2.45) is 5.73 Å². The van der Waals surface area contributed by atoms with Crippen molar-refractivity contribution < 1.29 is 0 Å². The van der Waals surface area contributed by atoms with Gasteiger partial charge in [-0.15, -0.1) is 0 Å². The Bertz CT molecular complexity index is 311. The quantitative estimate of drug-likeness (QED) is 0.754. The number of anilines is 2. The molecule has 1 aromatic carbocycles. The molecule has 1 aromatic rings. The van der Waals surface area contributed by atoms with Crippen LogP contribution in [0, 0.1) is 0 Å². The monoisotopic (exact) mass is 191 g/mol. The van der Waals surface area contributed by atoms with E-state index in [2.05, 4.69) is 41.1 Å². The summed E-state index contributed by atoms with van der Waals surface area (Å²) in [5, 5.41) is 0.